The monoisotopic (exact) mass is 354 g/mol. The molecule has 0 aromatic carbocycles. The summed E-state index contributed by atoms with van der Waals surface area (Å²) < 4.78 is 0. The molecule has 138 valence electrons. The molecule has 8 nitrogen and oxygen atoms in total. The van der Waals surface area contributed by atoms with Crippen LogP contribution in [0, 0.1) is 17.7 Å². The van der Waals surface area contributed by atoms with Gasteiger partial charge < -0.3 is 22.1 Å². The zero-order chi connectivity index (χ0) is 18.9. The Hall–Kier alpha value is -2.74. The van der Waals surface area contributed by atoms with Crippen LogP contribution in [0.3, 0.4) is 0 Å². The van der Waals surface area contributed by atoms with Crippen molar-refractivity contribution in [3.8, 4) is 0 Å². The van der Waals surface area contributed by atoms with Crippen LogP contribution in [0.15, 0.2) is 18.5 Å². The first-order valence-electron chi connectivity index (χ1n) is 8.72. The standard InChI is InChI=1S/C18H26N8/c1-11-8-23-13(20)7-12(11)15(21)16-17(22)25-14(9-24-16)26-5-3-18(2,10-19)4-6-26/h7-9,21H,3-6,10,19H2,1-2H3,(H2,20,23)(H2,22,25). The molecule has 1 fully saturated rings. The van der Waals surface area contributed by atoms with Crippen molar-refractivity contribution >= 4 is 23.2 Å². The molecule has 8 heteroatoms. The molecule has 0 aliphatic carbocycles. The Labute approximate surface area is 153 Å². The van der Waals surface area contributed by atoms with Crippen molar-refractivity contribution in [2.45, 2.75) is 26.7 Å². The molecule has 2 aromatic rings. The van der Waals surface area contributed by atoms with Crippen molar-refractivity contribution in [1.29, 1.82) is 5.41 Å². The quantitative estimate of drug-likeness (QED) is 0.606. The fraction of sp³-hybridized carbons (Fsp3) is 0.444. The Kier molecular flexibility index (Phi) is 4.78. The van der Waals surface area contributed by atoms with Crippen molar-refractivity contribution < 1.29 is 0 Å². The van der Waals surface area contributed by atoms with Gasteiger partial charge in [0.05, 0.1) is 11.9 Å². The number of anilines is 3. The van der Waals surface area contributed by atoms with Crippen molar-refractivity contribution in [1.82, 2.24) is 15.0 Å². The lowest BCUT2D eigenvalue weighted by Crippen LogP contribution is -2.42. The summed E-state index contributed by atoms with van der Waals surface area (Å²) in [5.74, 6) is 1.34. The number of aromatic nitrogens is 3. The largest absolute Gasteiger partial charge is 0.384 e. The number of nitrogen functional groups attached to an aromatic ring is 2. The summed E-state index contributed by atoms with van der Waals surface area (Å²) in [6, 6.07) is 1.66. The molecular weight excluding hydrogens is 328 g/mol. The third kappa shape index (κ3) is 3.45. The fourth-order valence-corrected chi connectivity index (χ4v) is 3.16. The van der Waals surface area contributed by atoms with Gasteiger partial charge in [-0.05, 0) is 43.4 Å². The maximum atomic E-state index is 8.45. The van der Waals surface area contributed by atoms with E-state index in [1.807, 2.05) is 6.92 Å². The van der Waals surface area contributed by atoms with E-state index in [9.17, 15) is 0 Å². The Morgan fingerprint density at radius 1 is 1.23 bits per heavy atom. The number of piperidine rings is 1. The third-order valence-electron chi connectivity index (χ3n) is 5.20. The van der Waals surface area contributed by atoms with Gasteiger partial charge in [-0.2, -0.15) is 0 Å². The van der Waals surface area contributed by atoms with E-state index in [0.717, 1.165) is 37.3 Å². The van der Waals surface area contributed by atoms with E-state index in [4.69, 9.17) is 22.6 Å². The Morgan fingerprint density at radius 2 is 1.92 bits per heavy atom. The molecule has 0 spiro atoms. The number of aryl methyl sites for hydroxylation is 1. The Morgan fingerprint density at radius 3 is 2.54 bits per heavy atom. The van der Waals surface area contributed by atoms with E-state index in [2.05, 4.69) is 26.8 Å². The number of nitrogens with zero attached hydrogens (tertiary/aromatic N) is 4. The maximum Gasteiger partial charge on any atom is 0.154 e. The highest BCUT2D eigenvalue weighted by Gasteiger charge is 2.29. The highest BCUT2D eigenvalue weighted by atomic mass is 15.2. The summed E-state index contributed by atoms with van der Waals surface area (Å²) in [6.07, 6.45) is 5.35. The lowest BCUT2D eigenvalue weighted by atomic mass is 9.80. The van der Waals surface area contributed by atoms with Gasteiger partial charge in [-0.15, -0.1) is 0 Å². The van der Waals surface area contributed by atoms with Gasteiger partial charge in [-0.25, -0.2) is 15.0 Å². The molecule has 3 heterocycles. The minimum atomic E-state index is 0.191. The highest BCUT2D eigenvalue weighted by Crippen LogP contribution is 2.31. The number of nitrogens with two attached hydrogens (primary N) is 3. The average Bonchev–Trinajstić information content (AvgIpc) is 2.64. The van der Waals surface area contributed by atoms with E-state index < -0.39 is 0 Å². The van der Waals surface area contributed by atoms with Crippen LogP contribution >= 0.6 is 0 Å². The lowest BCUT2D eigenvalue weighted by molar-refractivity contribution is 0.258. The van der Waals surface area contributed by atoms with Crippen molar-refractivity contribution in [2.24, 2.45) is 11.1 Å². The lowest BCUT2D eigenvalue weighted by Gasteiger charge is -2.39. The van der Waals surface area contributed by atoms with Crippen LogP contribution in [0.4, 0.5) is 17.5 Å². The zero-order valence-corrected chi connectivity index (χ0v) is 15.3. The van der Waals surface area contributed by atoms with Gasteiger partial charge in [0.1, 0.15) is 17.3 Å². The van der Waals surface area contributed by atoms with Crippen LogP contribution in [-0.2, 0) is 0 Å². The van der Waals surface area contributed by atoms with Crippen LogP contribution in [-0.4, -0.2) is 40.3 Å². The summed E-state index contributed by atoms with van der Waals surface area (Å²) in [5, 5.41) is 8.45. The van der Waals surface area contributed by atoms with Gasteiger partial charge in [0, 0.05) is 24.8 Å². The molecule has 0 atom stereocenters. The number of rotatable bonds is 4. The Bertz CT molecular complexity index is 824. The van der Waals surface area contributed by atoms with Crippen LogP contribution in [0.2, 0.25) is 0 Å². The van der Waals surface area contributed by atoms with Crippen molar-refractivity contribution in [2.75, 3.05) is 36.0 Å². The Balaban J connectivity index is 1.82. The van der Waals surface area contributed by atoms with E-state index in [1.165, 1.54) is 0 Å². The fourth-order valence-electron chi connectivity index (χ4n) is 3.16. The van der Waals surface area contributed by atoms with Crippen LogP contribution in [0.1, 0.15) is 36.6 Å². The van der Waals surface area contributed by atoms with Gasteiger partial charge in [0.25, 0.3) is 0 Å². The second-order valence-corrected chi connectivity index (χ2v) is 7.26. The van der Waals surface area contributed by atoms with Gasteiger partial charge in [0.15, 0.2) is 5.82 Å². The molecule has 1 aliphatic heterocycles. The molecule has 0 unspecified atom stereocenters. The summed E-state index contributed by atoms with van der Waals surface area (Å²) >= 11 is 0. The SMILES string of the molecule is Cc1cnc(N)cc1C(=N)c1ncc(N2CCC(C)(CN)CC2)nc1N. The minimum absolute atomic E-state index is 0.191. The molecule has 0 radical (unpaired) electrons. The highest BCUT2D eigenvalue weighted by molar-refractivity contribution is 6.13. The summed E-state index contributed by atoms with van der Waals surface area (Å²) in [7, 11) is 0. The van der Waals surface area contributed by atoms with Crippen LogP contribution in [0.5, 0.6) is 0 Å². The molecule has 1 saturated heterocycles. The molecule has 3 rings (SSSR count). The first kappa shape index (κ1) is 18.1. The van der Waals surface area contributed by atoms with Crippen molar-refractivity contribution in [3.63, 3.8) is 0 Å². The van der Waals surface area contributed by atoms with E-state index in [-0.39, 0.29) is 16.9 Å². The maximum absolute atomic E-state index is 8.45. The third-order valence-corrected chi connectivity index (χ3v) is 5.20. The zero-order valence-electron chi connectivity index (χ0n) is 15.3. The summed E-state index contributed by atoms with van der Waals surface area (Å²) in [5.41, 5.74) is 20.0. The normalized spacial score (nSPS) is 16.5. The topological polar surface area (TPSA) is 144 Å². The van der Waals surface area contributed by atoms with Crippen LogP contribution < -0.4 is 22.1 Å². The van der Waals surface area contributed by atoms with Gasteiger partial charge in [0.2, 0.25) is 0 Å². The van der Waals surface area contributed by atoms with Gasteiger partial charge >= 0.3 is 0 Å². The molecule has 0 bridgehead atoms. The molecule has 0 amide bonds. The summed E-state index contributed by atoms with van der Waals surface area (Å²) in [4.78, 5) is 15.1. The van der Waals surface area contributed by atoms with Gasteiger partial charge in [-0.3, -0.25) is 5.41 Å². The molecule has 2 aromatic heterocycles. The van der Waals surface area contributed by atoms with E-state index in [1.54, 1.807) is 18.5 Å². The van der Waals surface area contributed by atoms with E-state index in [0.29, 0.717) is 23.6 Å². The number of pyridine rings is 1. The molecule has 7 N–H and O–H groups in total. The van der Waals surface area contributed by atoms with E-state index >= 15 is 0 Å². The first-order valence-corrected chi connectivity index (χ1v) is 8.72. The molecule has 26 heavy (non-hydrogen) atoms. The number of nitrogens with one attached hydrogen (secondary N) is 1. The predicted octanol–water partition coefficient (Wildman–Crippen LogP) is 1.33. The predicted molar refractivity (Wildman–Crippen MR) is 104 cm³/mol. The van der Waals surface area contributed by atoms with Gasteiger partial charge in [-0.1, -0.05) is 6.92 Å². The minimum Gasteiger partial charge on any atom is -0.384 e. The second-order valence-electron chi connectivity index (χ2n) is 7.26. The second kappa shape index (κ2) is 6.87. The summed E-state index contributed by atoms with van der Waals surface area (Å²) in [6.45, 7) is 6.53. The number of hydrogen-bond acceptors (Lipinski definition) is 8. The average molecular weight is 354 g/mol. The molecule has 0 saturated carbocycles. The smallest absolute Gasteiger partial charge is 0.154 e. The number of hydrogen-bond donors (Lipinski definition) is 4. The van der Waals surface area contributed by atoms with Crippen LogP contribution in [0.25, 0.3) is 0 Å². The molecule has 1 aliphatic rings. The van der Waals surface area contributed by atoms with Crippen molar-refractivity contribution in [3.05, 3.63) is 35.3 Å². The first-order chi connectivity index (χ1) is 12.3. The molecular formula is C18H26N8.